The molecule has 1 saturated heterocycles. The number of hydrogen-bond acceptors (Lipinski definition) is 5. The molecule has 0 saturated carbocycles. The standard InChI is InChI=1S/C29H30ClN5O2S/c30-26-8-7-24(18-23(26)6-5-21-3-1-4-22(17-21)20-36)28-25-19-34(29(31)37)12-9-27(25)35(32-28)11-2-10-33-13-15-38-16-14-33/h1,3-4,7-8,17-18,20H,2,9-16,19H2,(H2,31,37). The van der Waals surface area contributed by atoms with Crippen LogP contribution >= 0.6 is 23.4 Å². The molecule has 3 aromatic rings. The molecule has 5 rings (SSSR count). The Hall–Kier alpha value is -3.25. The highest BCUT2D eigenvalue weighted by Gasteiger charge is 2.27. The molecule has 1 aromatic heterocycles. The van der Waals surface area contributed by atoms with E-state index in [0.717, 1.165) is 67.7 Å². The van der Waals surface area contributed by atoms with Gasteiger partial charge in [-0.2, -0.15) is 16.9 Å². The van der Waals surface area contributed by atoms with Gasteiger partial charge in [-0.3, -0.25) is 9.48 Å². The quantitative estimate of drug-likeness (QED) is 0.367. The van der Waals surface area contributed by atoms with Gasteiger partial charge in [0.15, 0.2) is 0 Å². The molecule has 38 heavy (non-hydrogen) atoms. The fourth-order valence-electron chi connectivity index (χ4n) is 4.96. The van der Waals surface area contributed by atoms with E-state index < -0.39 is 6.03 Å². The summed E-state index contributed by atoms with van der Waals surface area (Å²) in [5.41, 5.74) is 11.6. The number of aldehydes is 1. The summed E-state index contributed by atoms with van der Waals surface area (Å²) in [6.07, 6.45) is 2.55. The molecule has 196 valence electrons. The topological polar surface area (TPSA) is 84.5 Å². The van der Waals surface area contributed by atoms with Gasteiger partial charge in [-0.15, -0.1) is 0 Å². The maximum atomic E-state index is 12.0. The third-order valence-electron chi connectivity index (χ3n) is 7.00. The summed E-state index contributed by atoms with van der Waals surface area (Å²) in [4.78, 5) is 27.3. The molecule has 0 bridgehead atoms. The van der Waals surface area contributed by atoms with E-state index in [0.29, 0.717) is 29.2 Å². The van der Waals surface area contributed by atoms with Crippen molar-refractivity contribution >= 4 is 35.7 Å². The molecule has 0 unspecified atom stereocenters. The Morgan fingerprint density at radius 3 is 2.74 bits per heavy atom. The minimum Gasteiger partial charge on any atom is -0.351 e. The first kappa shape index (κ1) is 26.4. The largest absolute Gasteiger partial charge is 0.351 e. The van der Waals surface area contributed by atoms with Gasteiger partial charge in [-0.05, 0) is 37.2 Å². The first-order valence-corrected chi connectivity index (χ1v) is 14.4. The van der Waals surface area contributed by atoms with E-state index in [1.807, 2.05) is 36.0 Å². The van der Waals surface area contributed by atoms with Crippen LogP contribution in [0.4, 0.5) is 4.79 Å². The second-order valence-electron chi connectivity index (χ2n) is 9.50. The molecule has 9 heteroatoms. The molecule has 0 aliphatic carbocycles. The number of aromatic nitrogens is 2. The Morgan fingerprint density at radius 2 is 1.95 bits per heavy atom. The number of primary amides is 1. The number of rotatable bonds is 6. The van der Waals surface area contributed by atoms with Gasteiger partial charge in [0, 0.05) is 77.6 Å². The lowest BCUT2D eigenvalue weighted by molar-refractivity contribution is 0.112. The number of nitrogens with two attached hydrogens (primary N) is 1. The Balaban J connectivity index is 1.44. The van der Waals surface area contributed by atoms with Crippen molar-refractivity contribution in [2.75, 3.05) is 37.7 Å². The third kappa shape index (κ3) is 6.07. The van der Waals surface area contributed by atoms with E-state index in [9.17, 15) is 9.59 Å². The summed E-state index contributed by atoms with van der Waals surface area (Å²) >= 11 is 8.53. The minimum absolute atomic E-state index is 0.419. The van der Waals surface area contributed by atoms with Crippen LogP contribution in [-0.2, 0) is 19.5 Å². The number of halogens is 1. The number of carbonyl (C=O) groups is 2. The molecule has 3 heterocycles. The number of benzene rings is 2. The molecule has 0 spiro atoms. The second-order valence-corrected chi connectivity index (χ2v) is 11.1. The van der Waals surface area contributed by atoms with Crippen molar-refractivity contribution in [1.29, 1.82) is 0 Å². The van der Waals surface area contributed by atoms with Crippen LogP contribution in [0.3, 0.4) is 0 Å². The first-order valence-electron chi connectivity index (χ1n) is 12.8. The third-order valence-corrected chi connectivity index (χ3v) is 8.27. The monoisotopic (exact) mass is 547 g/mol. The predicted octanol–water partition coefficient (Wildman–Crippen LogP) is 4.29. The summed E-state index contributed by atoms with van der Waals surface area (Å²) in [7, 11) is 0. The predicted molar refractivity (Wildman–Crippen MR) is 153 cm³/mol. The van der Waals surface area contributed by atoms with Crippen molar-refractivity contribution in [3.63, 3.8) is 0 Å². The zero-order valence-electron chi connectivity index (χ0n) is 21.2. The molecule has 2 amide bonds. The molecule has 2 aliphatic heterocycles. The van der Waals surface area contributed by atoms with Crippen molar-refractivity contribution in [2.45, 2.75) is 25.9 Å². The molecule has 2 aliphatic rings. The van der Waals surface area contributed by atoms with Crippen LogP contribution in [0, 0.1) is 11.8 Å². The van der Waals surface area contributed by atoms with Crippen molar-refractivity contribution in [2.24, 2.45) is 5.73 Å². The lowest BCUT2D eigenvalue weighted by atomic mass is 9.99. The summed E-state index contributed by atoms with van der Waals surface area (Å²) in [6, 6.07) is 12.5. The molecule has 0 atom stereocenters. The molecular formula is C29H30ClN5O2S. The Kier molecular flexibility index (Phi) is 8.38. The van der Waals surface area contributed by atoms with Gasteiger partial charge in [-0.25, -0.2) is 4.79 Å². The highest BCUT2D eigenvalue weighted by molar-refractivity contribution is 7.99. The van der Waals surface area contributed by atoms with Crippen LogP contribution in [-0.4, -0.2) is 69.6 Å². The lowest BCUT2D eigenvalue weighted by Crippen LogP contribution is -2.39. The number of thioether (sulfide) groups is 1. The molecule has 7 nitrogen and oxygen atoms in total. The van der Waals surface area contributed by atoms with Gasteiger partial charge in [0.2, 0.25) is 0 Å². The summed E-state index contributed by atoms with van der Waals surface area (Å²) in [5.74, 6) is 8.67. The van der Waals surface area contributed by atoms with Crippen molar-refractivity contribution in [1.82, 2.24) is 19.6 Å². The van der Waals surface area contributed by atoms with Crippen molar-refractivity contribution < 1.29 is 9.59 Å². The van der Waals surface area contributed by atoms with E-state index in [-0.39, 0.29) is 0 Å². The Labute approximate surface area is 232 Å². The van der Waals surface area contributed by atoms with Gasteiger partial charge in [0.25, 0.3) is 0 Å². The number of nitrogens with zero attached hydrogens (tertiary/aromatic N) is 4. The zero-order valence-corrected chi connectivity index (χ0v) is 22.7. The van der Waals surface area contributed by atoms with Gasteiger partial charge < -0.3 is 15.5 Å². The lowest BCUT2D eigenvalue weighted by Gasteiger charge is -2.27. The van der Waals surface area contributed by atoms with Crippen LogP contribution in [0.5, 0.6) is 0 Å². The van der Waals surface area contributed by atoms with Gasteiger partial charge in [0.05, 0.1) is 17.3 Å². The van der Waals surface area contributed by atoms with Gasteiger partial charge in [-0.1, -0.05) is 41.6 Å². The molecule has 2 aromatic carbocycles. The average molecular weight is 548 g/mol. The maximum absolute atomic E-state index is 12.0. The van der Waals surface area contributed by atoms with E-state index in [1.54, 1.807) is 23.1 Å². The fraction of sp³-hybridized carbons (Fsp3) is 0.345. The van der Waals surface area contributed by atoms with E-state index in [1.165, 1.54) is 17.2 Å². The Bertz CT molecular complexity index is 1400. The number of fused-ring (bicyclic) bond motifs is 1. The highest BCUT2D eigenvalue weighted by atomic mass is 35.5. The average Bonchev–Trinajstić information content (AvgIpc) is 3.31. The number of urea groups is 1. The number of aryl methyl sites for hydroxylation is 1. The first-order chi connectivity index (χ1) is 18.5. The molecular weight excluding hydrogens is 518 g/mol. The maximum Gasteiger partial charge on any atom is 0.315 e. The molecule has 0 radical (unpaired) electrons. The van der Waals surface area contributed by atoms with Gasteiger partial charge >= 0.3 is 6.03 Å². The fourth-order valence-corrected chi connectivity index (χ4v) is 6.11. The van der Waals surface area contributed by atoms with E-state index in [2.05, 4.69) is 21.4 Å². The normalized spacial score (nSPS) is 15.4. The van der Waals surface area contributed by atoms with Crippen LogP contribution < -0.4 is 5.73 Å². The second kappa shape index (κ2) is 12.1. The van der Waals surface area contributed by atoms with Crippen molar-refractivity contribution in [3.8, 4) is 23.1 Å². The summed E-state index contributed by atoms with van der Waals surface area (Å²) in [5, 5.41) is 5.58. The molecule has 2 N–H and O–H groups in total. The number of carbonyl (C=O) groups excluding carboxylic acids is 2. The van der Waals surface area contributed by atoms with Crippen LogP contribution in [0.2, 0.25) is 5.02 Å². The highest BCUT2D eigenvalue weighted by Crippen LogP contribution is 2.32. The number of amides is 2. The van der Waals surface area contributed by atoms with Crippen LogP contribution in [0.1, 0.15) is 39.2 Å². The minimum atomic E-state index is -0.419. The van der Waals surface area contributed by atoms with Crippen LogP contribution in [0.25, 0.3) is 11.3 Å². The number of hydrogen-bond donors (Lipinski definition) is 1. The summed E-state index contributed by atoms with van der Waals surface area (Å²) in [6.45, 7) is 5.21. The van der Waals surface area contributed by atoms with Crippen LogP contribution in [0.15, 0.2) is 42.5 Å². The van der Waals surface area contributed by atoms with Crippen molar-refractivity contribution in [3.05, 3.63) is 75.4 Å². The molecule has 1 fully saturated rings. The SMILES string of the molecule is NC(=O)N1CCc2c(c(-c3ccc(Cl)c(C#Cc4cccc(C=O)c4)c3)nn2CCCN2CCSCC2)C1. The smallest absolute Gasteiger partial charge is 0.315 e. The van der Waals surface area contributed by atoms with E-state index >= 15 is 0 Å². The van der Waals surface area contributed by atoms with E-state index in [4.69, 9.17) is 22.4 Å². The summed E-state index contributed by atoms with van der Waals surface area (Å²) < 4.78 is 2.12. The Morgan fingerprint density at radius 1 is 1.11 bits per heavy atom. The zero-order chi connectivity index (χ0) is 26.5. The van der Waals surface area contributed by atoms with Gasteiger partial charge in [0.1, 0.15) is 6.29 Å².